The van der Waals surface area contributed by atoms with Crippen LogP contribution in [0.3, 0.4) is 0 Å². The second-order valence-corrected chi connectivity index (χ2v) is 5.27. The number of H-pyrrole nitrogens is 1. The standard InChI is InChI=1S/C16H14N6/c1-22(2)13-9-18-15-14(20-21-16(15)19-13)11-5-3-7-12-10(11)6-4-8-17-12/h3-9H,1-2H3,(H,19,20,21). The number of aromatic amines is 1. The number of pyridine rings is 1. The highest BCUT2D eigenvalue weighted by Crippen LogP contribution is 2.30. The van der Waals surface area contributed by atoms with Gasteiger partial charge < -0.3 is 4.90 Å². The molecule has 0 aliphatic carbocycles. The first-order valence-electron chi connectivity index (χ1n) is 6.96. The van der Waals surface area contributed by atoms with Gasteiger partial charge in [-0.3, -0.25) is 10.1 Å². The van der Waals surface area contributed by atoms with E-state index in [2.05, 4.69) is 25.1 Å². The summed E-state index contributed by atoms with van der Waals surface area (Å²) in [6.07, 6.45) is 3.55. The number of rotatable bonds is 2. The fraction of sp³-hybridized carbons (Fsp3) is 0.125. The highest BCUT2D eigenvalue weighted by atomic mass is 15.2. The van der Waals surface area contributed by atoms with Crippen molar-refractivity contribution in [2.24, 2.45) is 0 Å². The van der Waals surface area contributed by atoms with Gasteiger partial charge in [-0.25, -0.2) is 9.97 Å². The van der Waals surface area contributed by atoms with Gasteiger partial charge in [0.25, 0.3) is 0 Å². The number of anilines is 1. The predicted octanol–water partition coefficient (Wildman–Crippen LogP) is 2.63. The molecule has 0 spiro atoms. The van der Waals surface area contributed by atoms with E-state index in [1.807, 2.05) is 49.3 Å². The first kappa shape index (κ1) is 12.7. The molecule has 1 N–H and O–H groups in total. The van der Waals surface area contributed by atoms with Crippen molar-refractivity contribution in [3.8, 4) is 11.3 Å². The van der Waals surface area contributed by atoms with E-state index in [4.69, 9.17) is 0 Å². The number of nitrogens with one attached hydrogen (secondary N) is 1. The van der Waals surface area contributed by atoms with E-state index in [0.29, 0.717) is 5.65 Å². The Labute approximate surface area is 126 Å². The van der Waals surface area contributed by atoms with Gasteiger partial charge in [-0.1, -0.05) is 18.2 Å². The van der Waals surface area contributed by atoms with Crippen molar-refractivity contribution in [1.82, 2.24) is 25.1 Å². The van der Waals surface area contributed by atoms with Crippen LogP contribution in [0.15, 0.2) is 42.7 Å². The van der Waals surface area contributed by atoms with Gasteiger partial charge in [0.1, 0.15) is 11.3 Å². The fourth-order valence-corrected chi connectivity index (χ4v) is 2.51. The maximum Gasteiger partial charge on any atom is 0.202 e. The zero-order valence-corrected chi connectivity index (χ0v) is 12.3. The van der Waals surface area contributed by atoms with E-state index in [-0.39, 0.29) is 0 Å². The van der Waals surface area contributed by atoms with Crippen molar-refractivity contribution >= 4 is 27.9 Å². The molecule has 6 heteroatoms. The van der Waals surface area contributed by atoms with E-state index in [9.17, 15) is 0 Å². The molecule has 22 heavy (non-hydrogen) atoms. The van der Waals surface area contributed by atoms with Gasteiger partial charge in [0.2, 0.25) is 5.65 Å². The molecule has 1 aromatic carbocycles. The number of benzene rings is 1. The molecule has 4 rings (SSSR count). The first-order valence-corrected chi connectivity index (χ1v) is 6.96. The fourth-order valence-electron chi connectivity index (χ4n) is 2.51. The smallest absolute Gasteiger partial charge is 0.202 e. The molecule has 0 aliphatic heterocycles. The summed E-state index contributed by atoms with van der Waals surface area (Å²) < 4.78 is 0. The molecule has 3 aromatic heterocycles. The molecule has 0 atom stereocenters. The Morgan fingerprint density at radius 1 is 1.05 bits per heavy atom. The van der Waals surface area contributed by atoms with Gasteiger partial charge in [0.05, 0.1) is 17.4 Å². The van der Waals surface area contributed by atoms with Crippen LogP contribution in [0.4, 0.5) is 5.82 Å². The van der Waals surface area contributed by atoms with Crippen molar-refractivity contribution in [3.63, 3.8) is 0 Å². The molecule has 108 valence electrons. The number of nitrogens with zero attached hydrogens (tertiary/aromatic N) is 5. The quantitative estimate of drug-likeness (QED) is 0.614. The Bertz CT molecular complexity index is 967. The van der Waals surface area contributed by atoms with Crippen LogP contribution in [0.1, 0.15) is 0 Å². The summed E-state index contributed by atoms with van der Waals surface area (Å²) in [6.45, 7) is 0. The summed E-state index contributed by atoms with van der Waals surface area (Å²) >= 11 is 0. The summed E-state index contributed by atoms with van der Waals surface area (Å²) in [4.78, 5) is 15.3. The summed E-state index contributed by atoms with van der Waals surface area (Å²) in [7, 11) is 3.86. The molecule has 0 fully saturated rings. The Kier molecular flexibility index (Phi) is 2.75. The van der Waals surface area contributed by atoms with Crippen LogP contribution >= 0.6 is 0 Å². The number of hydrogen-bond donors (Lipinski definition) is 1. The van der Waals surface area contributed by atoms with Crippen LogP contribution in [0.2, 0.25) is 0 Å². The Hall–Kier alpha value is -3.02. The molecule has 0 unspecified atom stereocenters. The monoisotopic (exact) mass is 290 g/mol. The molecule has 3 heterocycles. The lowest BCUT2D eigenvalue weighted by Gasteiger charge is -2.09. The van der Waals surface area contributed by atoms with Crippen LogP contribution in [-0.4, -0.2) is 39.2 Å². The largest absolute Gasteiger partial charge is 0.361 e. The highest BCUT2D eigenvalue weighted by Gasteiger charge is 2.14. The minimum atomic E-state index is 0.613. The summed E-state index contributed by atoms with van der Waals surface area (Å²) in [5, 5.41) is 8.43. The lowest BCUT2D eigenvalue weighted by molar-refractivity contribution is 1.05. The van der Waals surface area contributed by atoms with Gasteiger partial charge in [-0.15, -0.1) is 0 Å². The molecule has 0 saturated carbocycles. The third kappa shape index (κ3) is 1.88. The first-order chi connectivity index (χ1) is 10.7. The van der Waals surface area contributed by atoms with Gasteiger partial charge in [0, 0.05) is 31.2 Å². The number of fused-ring (bicyclic) bond motifs is 2. The van der Waals surface area contributed by atoms with Crippen LogP contribution in [0.25, 0.3) is 33.3 Å². The van der Waals surface area contributed by atoms with Gasteiger partial charge in [0.15, 0.2) is 0 Å². The second-order valence-electron chi connectivity index (χ2n) is 5.27. The van der Waals surface area contributed by atoms with Crippen LogP contribution < -0.4 is 4.90 Å². The topological polar surface area (TPSA) is 70.6 Å². The molecule has 0 bridgehead atoms. The van der Waals surface area contributed by atoms with E-state index in [0.717, 1.165) is 33.5 Å². The van der Waals surface area contributed by atoms with Crippen LogP contribution in [0.5, 0.6) is 0 Å². The molecule has 0 saturated heterocycles. The van der Waals surface area contributed by atoms with Gasteiger partial charge in [-0.05, 0) is 12.1 Å². The lowest BCUT2D eigenvalue weighted by Crippen LogP contribution is -2.10. The minimum Gasteiger partial charge on any atom is -0.361 e. The predicted molar refractivity (Wildman–Crippen MR) is 86.7 cm³/mol. The van der Waals surface area contributed by atoms with Crippen LogP contribution in [-0.2, 0) is 0 Å². The maximum atomic E-state index is 4.53. The van der Waals surface area contributed by atoms with Crippen molar-refractivity contribution < 1.29 is 0 Å². The van der Waals surface area contributed by atoms with E-state index in [1.165, 1.54) is 0 Å². The zero-order chi connectivity index (χ0) is 15.1. The Morgan fingerprint density at radius 3 is 2.82 bits per heavy atom. The molecule has 0 aliphatic rings. The van der Waals surface area contributed by atoms with Crippen LogP contribution in [0, 0.1) is 0 Å². The Balaban J connectivity index is 1.97. The second kappa shape index (κ2) is 4.77. The molecule has 0 amide bonds. The maximum absolute atomic E-state index is 4.53. The average molecular weight is 290 g/mol. The van der Waals surface area contributed by atoms with E-state index < -0.39 is 0 Å². The van der Waals surface area contributed by atoms with Crippen molar-refractivity contribution in [3.05, 3.63) is 42.7 Å². The summed E-state index contributed by atoms with van der Waals surface area (Å²) in [5.41, 5.74) is 4.22. The SMILES string of the molecule is CN(C)c1cnc2c(-c3cccc4ncccc34)[nH]nc2n1. The van der Waals surface area contributed by atoms with Gasteiger partial charge in [-0.2, -0.15) is 5.10 Å². The molecular formula is C16H14N6. The van der Waals surface area contributed by atoms with Gasteiger partial charge >= 0.3 is 0 Å². The van der Waals surface area contributed by atoms with E-state index >= 15 is 0 Å². The lowest BCUT2D eigenvalue weighted by atomic mass is 10.1. The third-order valence-electron chi connectivity index (χ3n) is 3.63. The zero-order valence-electron chi connectivity index (χ0n) is 12.3. The molecular weight excluding hydrogens is 276 g/mol. The van der Waals surface area contributed by atoms with Crippen molar-refractivity contribution in [1.29, 1.82) is 0 Å². The average Bonchev–Trinajstić information content (AvgIpc) is 2.97. The van der Waals surface area contributed by atoms with Crippen molar-refractivity contribution in [2.75, 3.05) is 19.0 Å². The van der Waals surface area contributed by atoms with Crippen molar-refractivity contribution in [2.45, 2.75) is 0 Å². The molecule has 4 aromatic rings. The minimum absolute atomic E-state index is 0.613. The van der Waals surface area contributed by atoms with E-state index in [1.54, 1.807) is 12.4 Å². The number of aromatic nitrogens is 5. The summed E-state index contributed by atoms with van der Waals surface area (Å²) in [6, 6.07) is 10.00. The number of hydrogen-bond acceptors (Lipinski definition) is 5. The third-order valence-corrected chi connectivity index (χ3v) is 3.63. The Morgan fingerprint density at radius 2 is 1.95 bits per heavy atom. The molecule has 0 radical (unpaired) electrons. The highest BCUT2D eigenvalue weighted by molar-refractivity contribution is 6.00. The summed E-state index contributed by atoms with van der Waals surface area (Å²) in [5.74, 6) is 0.783. The normalized spacial score (nSPS) is 11.2. The molecule has 6 nitrogen and oxygen atoms in total.